The maximum absolute atomic E-state index is 14.0. The van der Waals surface area contributed by atoms with Gasteiger partial charge >= 0.3 is 6.09 Å². The maximum atomic E-state index is 14.0. The number of ketones is 1. The Hall–Kier alpha value is -4.42. The minimum absolute atomic E-state index is 0.0348. The highest BCUT2D eigenvalue weighted by atomic mass is 16.6. The van der Waals surface area contributed by atoms with E-state index >= 15 is 0 Å². The highest BCUT2D eigenvalue weighted by Gasteiger charge is 2.70. The Labute approximate surface area is 282 Å². The fourth-order valence-electron chi connectivity index (χ4n) is 6.12. The summed E-state index contributed by atoms with van der Waals surface area (Å²) in [4.78, 5) is 80.5. The van der Waals surface area contributed by atoms with Gasteiger partial charge in [0.1, 0.15) is 29.5 Å². The number of rotatable bonds is 13. The summed E-state index contributed by atoms with van der Waals surface area (Å²) in [6, 6.07) is 3.87. The number of piperidine rings is 1. The lowest BCUT2D eigenvalue weighted by Gasteiger charge is -2.38. The van der Waals surface area contributed by atoms with Gasteiger partial charge < -0.3 is 35.6 Å². The van der Waals surface area contributed by atoms with Crippen LogP contribution in [0.1, 0.15) is 67.4 Å². The van der Waals surface area contributed by atoms with Gasteiger partial charge in [0, 0.05) is 13.1 Å². The molecule has 1 aliphatic carbocycles. The van der Waals surface area contributed by atoms with Crippen molar-refractivity contribution in [2.45, 2.75) is 92.1 Å². The van der Waals surface area contributed by atoms with Crippen molar-refractivity contribution in [1.29, 1.82) is 0 Å². The Morgan fingerprint density at radius 2 is 1.62 bits per heavy atom. The molecule has 5 amide bonds. The zero-order valence-electron chi connectivity index (χ0n) is 29.5. The third kappa shape index (κ3) is 9.35. The highest BCUT2D eigenvalue weighted by Crippen LogP contribution is 2.65. The minimum Gasteiger partial charge on any atom is -0.497 e. The van der Waals surface area contributed by atoms with Crippen LogP contribution in [0.25, 0.3) is 0 Å². The van der Waals surface area contributed by atoms with E-state index in [1.54, 1.807) is 72.9 Å². The van der Waals surface area contributed by atoms with Crippen LogP contribution >= 0.6 is 0 Å². The number of hydrogen-bond donors (Lipinski definition) is 4. The van der Waals surface area contributed by atoms with E-state index in [9.17, 15) is 28.8 Å². The van der Waals surface area contributed by atoms with Crippen molar-refractivity contribution in [2.75, 3.05) is 20.2 Å². The number of fused-ring (bicyclic) bond motifs is 1. The molecule has 48 heavy (non-hydrogen) atoms. The Kier molecular flexibility index (Phi) is 11.7. The maximum Gasteiger partial charge on any atom is 0.408 e. The van der Waals surface area contributed by atoms with Gasteiger partial charge in [-0.25, -0.2) is 4.79 Å². The molecule has 0 spiro atoms. The predicted octanol–water partition coefficient (Wildman–Crippen LogP) is 2.48. The highest BCUT2D eigenvalue weighted by molar-refractivity contribution is 6.38. The number of Topliss-reactive ketones (excluding diaryl/α,β-unsaturated/α-hetero) is 1. The van der Waals surface area contributed by atoms with Crippen molar-refractivity contribution in [3.05, 3.63) is 42.5 Å². The molecule has 1 unspecified atom stereocenters. The minimum atomic E-state index is -1.27. The molecule has 2 aliphatic rings. The van der Waals surface area contributed by atoms with Crippen LogP contribution in [0.4, 0.5) is 4.79 Å². The quantitative estimate of drug-likeness (QED) is 0.183. The first-order valence-corrected chi connectivity index (χ1v) is 16.1. The molecule has 0 aromatic heterocycles. The third-order valence-corrected chi connectivity index (χ3v) is 8.85. The van der Waals surface area contributed by atoms with E-state index in [1.165, 1.54) is 11.0 Å². The van der Waals surface area contributed by atoms with E-state index in [2.05, 4.69) is 27.8 Å². The largest absolute Gasteiger partial charge is 0.497 e. The van der Waals surface area contributed by atoms with Crippen LogP contribution in [-0.4, -0.2) is 84.3 Å². The first-order valence-electron chi connectivity index (χ1n) is 16.1. The van der Waals surface area contributed by atoms with Gasteiger partial charge in [-0.05, 0) is 67.6 Å². The predicted molar refractivity (Wildman–Crippen MR) is 178 cm³/mol. The fraction of sp³-hybridized carbons (Fsp3) is 0.600. The van der Waals surface area contributed by atoms with Gasteiger partial charge in [-0.1, -0.05) is 52.8 Å². The summed E-state index contributed by atoms with van der Waals surface area (Å²) in [5.74, 6) is -3.01. The lowest BCUT2D eigenvalue weighted by molar-refractivity contribution is -0.145. The molecule has 3 rings (SSSR count). The van der Waals surface area contributed by atoms with E-state index in [0.29, 0.717) is 12.3 Å². The number of carbonyl (C=O) groups is 6. The van der Waals surface area contributed by atoms with Crippen LogP contribution in [0.5, 0.6) is 5.75 Å². The first-order chi connectivity index (χ1) is 22.2. The Bertz CT molecular complexity index is 1410. The molecule has 1 saturated carbocycles. The smallest absolute Gasteiger partial charge is 0.408 e. The molecular formula is C35H51N5O8. The van der Waals surface area contributed by atoms with E-state index in [1.807, 2.05) is 13.8 Å². The van der Waals surface area contributed by atoms with Gasteiger partial charge in [-0.2, -0.15) is 0 Å². The molecule has 1 aliphatic heterocycles. The number of ether oxygens (including phenoxy) is 2. The second-order valence-corrected chi connectivity index (χ2v) is 15.1. The van der Waals surface area contributed by atoms with E-state index in [4.69, 9.17) is 9.47 Å². The van der Waals surface area contributed by atoms with Gasteiger partial charge in [0.25, 0.3) is 5.91 Å². The molecular weight excluding hydrogens is 618 g/mol. The lowest BCUT2D eigenvalue weighted by atomic mass is 9.85. The molecule has 0 radical (unpaired) electrons. The summed E-state index contributed by atoms with van der Waals surface area (Å²) in [5, 5.41) is 10.4. The van der Waals surface area contributed by atoms with E-state index < -0.39 is 71.2 Å². The summed E-state index contributed by atoms with van der Waals surface area (Å²) >= 11 is 0. The van der Waals surface area contributed by atoms with Crippen molar-refractivity contribution >= 4 is 35.5 Å². The molecule has 4 N–H and O–H groups in total. The van der Waals surface area contributed by atoms with Crippen LogP contribution in [-0.2, 0) is 35.3 Å². The number of nitrogens with zero attached hydrogens (tertiary/aromatic N) is 1. The number of alkyl carbamates (subject to hydrolysis) is 1. The van der Waals surface area contributed by atoms with Crippen molar-refractivity contribution in [3.63, 3.8) is 0 Å². The van der Waals surface area contributed by atoms with Crippen molar-refractivity contribution < 1.29 is 38.2 Å². The molecule has 1 aromatic rings. The molecule has 1 saturated heterocycles. The molecule has 264 valence electrons. The Morgan fingerprint density at radius 1 is 1.00 bits per heavy atom. The molecule has 5 atom stereocenters. The van der Waals surface area contributed by atoms with Crippen molar-refractivity contribution in [1.82, 2.24) is 26.2 Å². The van der Waals surface area contributed by atoms with Crippen LogP contribution in [0.3, 0.4) is 0 Å². The average molecular weight is 670 g/mol. The normalized spacial score (nSPS) is 20.7. The first kappa shape index (κ1) is 38.0. The van der Waals surface area contributed by atoms with Gasteiger partial charge in [0.15, 0.2) is 0 Å². The number of likely N-dealkylation sites (tertiary alicyclic amines) is 1. The summed E-state index contributed by atoms with van der Waals surface area (Å²) in [7, 11) is 1.55. The van der Waals surface area contributed by atoms with Gasteiger partial charge in [0.05, 0.1) is 13.7 Å². The summed E-state index contributed by atoms with van der Waals surface area (Å²) in [6.45, 7) is 18.3. The van der Waals surface area contributed by atoms with Gasteiger partial charge in [-0.3, -0.25) is 24.0 Å². The standard InChI is InChI=1S/C35H51N5O8/c1-11-12-23(27(42)30(44)37-18-24(41)36-17-20-13-15-21(47-10)16-14-20)38-29(43)26-25-22(35(25,8)9)19-40(26)31(45)28(33(2,3)4)39-32(46)48-34(5,6)7/h11,13-16,22-23,25-26,28H,1,12,17-19H2,2-10H3,(H,36,41)(H,37,44)(H,38,43)(H,39,46)/t22-,23?,25-,26+,28-/m1/s1. The third-order valence-electron chi connectivity index (χ3n) is 8.85. The second kappa shape index (κ2) is 14.8. The number of benzene rings is 1. The number of hydrogen-bond acceptors (Lipinski definition) is 8. The zero-order chi connectivity index (χ0) is 36.2. The Morgan fingerprint density at radius 3 is 2.17 bits per heavy atom. The number of amides is 5. The fourth-order valence-corrected chi connectivity index (χ4v) is 6.12. The van der Waals surface area contributed by atoms with Crippen LogP contribution in [0.15, 0.2) is 36.9 Å². The number of nitrogens with one attached hydrogen (secondary N) is 4. The number of carbonyl (C=O) groups excluding carboxylic acids is 6. The summed E-state index contributed by atoms with van der Waals surface area (Å²) in [5.41, 5.74) is -0.923. The van der Waals surface area contributed by atoms with E-state index in [0.717, 1.165) is 5.56 Å². The molecule has 13 heteroatoms. The second-order valence-electron chi connectivity index (χ2n) is 15.1. The topological polar surface area (TPSA) is 172 Å². The van der Waals surface area contributed by atoms with Crippen molar-refractivity contribution in [3.8, 4) is 5.75 Å². The summed E-state index contributed by atoms with van der Waals surface area (Å²) < 4.78 is 10.5. The Balaban J connectivity index is 1.68. The van der Waals surface area contributed by atoms with E-state index in [-0.39, 0.29) is 30.2 Å². The average Bonchev–Trinajstić information content (AvgIpc) is 3.31. The molecule has 0 bridgehead atoms. The molecule has 1 heterocycles. The van der Waals surface area contributed by atoms with Crippen LogP contribution in [0.2, 0.25) is 0 Å². The zero-order valence-corrected chi connectivity index (χ0v) is 29.5. The lowest BCUT2D eigenvalue weighted by Crippen LogP contribution is -2.60. The summed E-state index contributed by atoms with van der Waals surface area (Å²) in [6.07, 6.45) is 0.600. The van der Waals surface area contributed by atoms with Gasteiger partial charge in [0.2, 0.25) is 23.5 Å². The number of methoxy groups -OCH3 is 1. The van der Waals surface area contributed by atoms with Crippen LogP contribution < -0.4 is 26.0 Å². The molecule has 13 nitrogen and oxygen atoms in total. The molecule has 1 aromatic carbocycles. The van der Waals surface area contributed by atoms with Crippen molar-refractivity contribution in [2.24, 2.45) is 22.7 Å². The van der Waals surface area contributed by atoms with Gasteiger partial charge in [-0.15, -0.1) is 6.58 Å². The monoisotopic (exact) mass is 669 g/mol. The molecule has 2 fully saturated rings. The van der Waals surface area contributed by atoms with Crippen LogP contribution in [0, 0.1) is 22.7 Å². The SMILES string of the molecule is C=CCC(NC(=O)[C@@H]1[C@H]2[C@@H](CN1C(=O)[C@@H](NC(=O)OC(C)(C)C)C(C)(C)C)C2(C)C)C(=O)C(=O)NCC(=O)NCc1ccc(OC)cc1.